The minimum Gasteiger partial charge on any atom is -0.504 e. The van der Waals surface area contributed by atoms with Crippen LogP contribution < -0.4 is 15.7 Å². The van der Waals surface area contributed by atoms with Crippen LogP contribution in [-0.4, -0.2) is 35.4 Å². The predicted molar refractivity (Wildman–Crippen MR) is 101 cm³/mol. The van der Waals surface area contributed by atoms with E-state index in [2.05, 4.69) is 10.3 Å². The first-order chi connectivity index (χ1) is 12.6. The van der Waals surface area contributed by atoms with Gasteiger partial charge in [0.15, 0.2) is 5.75 Å². The average Bonchev–Trinajstić information content (AvgIpc) is 2.60. The molecule has 146 valence electrons. The summed E-state index contributed by atoms with van der Waals surface area (Å²) in [7, 11) is 2.86. The molecule has 0 aliphatic carbocycles. The van der Waals surface area contributed by atoms with Crippen LogP contribution >= 0.6 is 11.6 Å². The summed E-state index contributed by atoms with van der Waals surface area (Å²) in [6.45, 7) is 5.19. The number of hydrogen-bond acceptors (Lipinski definition) is 6. The first-order valence-corrected chi connectivity index (χ1v) is 8.49. The number of nitrogens with one attached hydrogen (secondary N) is 2. The van der Waals surface area contributed by atoms with E-state index in [0.29, 0.717) is 5.56 Å². The molecular weight excluding hydrogens is 374 g/mol. The number of nitrogens with zero attached hydrogens (tertiary/aromatic N) is 1. The van der Waals surface area contributed by atoms with Crippen LogP contribution in [0.5, 0.6) is 11.5 Å². The Balaban J connectivity index is 2.26. The Morgan fingerprint density at radius 1 is 1.33 bits per heavy atom. The van der Waals surface area contributed by atoms with E-state index in [-0.39, 0.29) is 39.8 Å². The van der Waals surface area contributed by atoms with Crippen molar-refractivity contribution < 1.29 is 19.6 Å². The fourth-order valence-electron chi connectivity index (χ4n) is 2.57. The van der Waals surface area contributed by atoms with Gasteiger partial charge in [0.1, 0.15) is 0 Å². The van der Waals surface area contributed by atoms with Gasteiger partial charge in [-0.1, -0.05) is 11.6 Å². The van der Waals surface area contributed by atoms with Crippen molar-refractivity contribution in [1.82, 2.24) is 15.5 Å². The highest BCUT2D eigenvalue weighted by atomic mass is 35.5. The maximum Gasteiger partial charge on any atom is 0.253 e. The molecule has 2 aromatic rings. The van der Waals surface area contributed by atoms with Gasteiger partial charge in [-0.05, 0) is 43.7 Å². The van der Waals surface area contributed by atoms with Crippen molar-refractivity contribution in [1.29, 1.82) is 0 Å². The SMILES string of the molecule is CON(C)Oc1c(Cl)cc(C(=O)NCc2c(C)cc(C)[nH]c2=O)c(C)c1O. The standard InChI is InChI=1S/C18H22ClN3O5/c1-9-6-10(2)21-18(25)13(9)8-20-17(24)12-7-14(19)16(15(23)11(12)3)27-22(4)26-5/h6-7,23H,8H2,1-5H3,(H,20,24)(H,21,25). The Morgan fingerprint density at radius 2 is 2.00 bits per heavy atom. The molecule has 0 saturated heterocycles. The number of hydrogen-bond donors (Lipinski definition) is 3. The van der Waals surface area contributed by atoms with Gasteiger partial charge in [0.2, 0.25) is 5.75 Å². The topological polar surface area (TPSA) is 104 Å². The molecule has 0 fully saturated rings. The molecule has 1 aromatic heterocycles. The molecular formula is C18H22ClN3O5. The summed E-state index contributed by atoms with van der Waals surface area (Å²) >= 11 is 6.13. The van der Waals surface area contributed by atoms with Crippen LogP contribution in [0.1, 0.15) is 32.7 Å². The summed E-state index contributed by atoms with van der Waals surface area (Å²) in [6, 6.07) is 3.21. The second kappa shape index (κ2) is 8.43. The molecule has 1 amide bonds. The van der Waals surface area contributed by atoms with E-state index in [1.807, 2.05) is 6.07 Å². The monoisotopic (exact) mass is 395 g/mol. The van der Waals surface area contributed by atoms with Gasteiger partial charge in [-0.3, -0.25) is 14.4 Å². The summed E-state index contributed by atoms with van der Waals surface area (Å²) in [6.07, 6.45) is 0. The van der Waals surface area contributed by atoms with E-state index >= 15 is 0 Å². The molecule has 0 bridgehead atoms. The van der Waals surface area contributed by atoms with Gasteiger partial charge in [0, 0.05) is 28.9 Å². The van der Waals surface area contributed by atoms with Crippen LogP contribution in [0.3, 0.4) is 0 Å². The largest absolute Gasteiger partial charge is 0.504 e. The van der Waals surface area contributed by atoms with Crippen LogP contribution in [0.25, 0.3) is 0 Å². The Morgan fingerprint density at radius 3 is 2.59 bits per heavy atom. The second-order valence-corrected chi connectivity index (χ2v) is 6.46. The summed E-state index contributed by atoms with van der Waals surface area (Å²) in [4.78, 5) is 37.4. The molecule has 9 heteroatoms. The van der Waals surface area contributed by atoms with Gasteiger partial charge in [-0.15, -0.1) is 0 Å². The molecule has 0 unspecified atom stereocenters. The number of carbonyl (C=O) groups is 1. The number of aromatic nitrogens is 1. The molecule has 27 heavy (non-hydrogen) atoms. The zero-order chi connectivity index (χ0) is 20.3. The number of phenolic OH excluding ortho intramolecular Hbond substituents is 1. The van der Waals surface area contributed by atoms with Crippen molar-refractivity contribution in [2.75, 3.05) is 14.2 Å². The quantitative estimate of drug-likeness (QED) is 0.649. The van der Waals surface area contributed by atoms with Crippen molar-refractivity contribution >= 4 is 17.5 Å². The first kappa shape index (κ1) is 20.8. The highest BCUT2D eigenvalue weighted by molar-refractivity contribution is 6.32. The average molecular weight is 396 g/mol. The lowest BCUT2D eigenvalue weighted by molar-refractivity contribution is -0.284. The van der Waals surface area contributed by atoms with E-state index in [1.54, 1.807) is 20.8 Å². The van der Waals surface area contributed by atoms with E-state index in [1.165, 1.54) is 20.2 Å². The van der Waals surface area contributed by atoms with Crippen LogP contribution in [0.15, 0.2) is 16.9 Å². The maximum absolute atomic E-state index is 12.6. The fourth-order valence-corrected chi connectivity index (χ4v) is 2.80. The van der Waals surface area contributed by atoms with Gasteiger partial charge in [0.25, 0.3) is 11.5 Å². The van der Waals surface area contributed by atoms with Crippen LogP contribution in [0, 0.1) is 20.8 Å². The molecule has 0 saturated carbocycles. The van der Waals surface area contributed by atoms with E-state index in [0.717, 1.165) is 16.5 Å². The Kier molecular flexibility index (Phi) is 6.48. The molecule has 3 N–H and O–H groups in total. The number of aromatic amines is 1. The third kappa shape index (κ3) is 4.60. The van der Waals surface area contributed by atoms with Crippen molar-refractivity contribution in [2.45, 2.75) is 27.3 Å². The Hall–Kier alpha value is -2.55. The maximum atomic E-state index is 12.6. The predicted octanol–water partition coefficient (Wildman–Crippen LogP) is 2.38. The van der Waals surface area contributed by atoms with Crippen molar-refractivity contribution in [3.05, 3.63) is 55.5 Å². The zero-order valence-corrected chi connectivity index (χ0v) is 16.5. The number of pyridine rings is 1. The fraction of sp³-hybridized carbons (Fsp3) is 0.333. The molecule has 1 heterocycles. The number of carbonyl (C=O) groups excluding carboxylic acids is 1. The molecule has 0 spiro atoms. The molecule has 0 aliphatic rings. The summed E-state index contributed by atoms with van der Waals surface area (Å²) in [5.41, 5.74) is 2.19. The number of amides is 1. The van der Waals surface area contributed by atoms with Gasteiger partial charge in [-0.25, -0.2) is 0 Å². The van der Waals surface area contributed by atoms with Crippen LogP contribution in [0.2, 0.25) is 5.02 Å². The van der Waals surface area contributed by atoms with E-state index < -0.39 is 5.91 Å². The minimum absolute atomic E-state index is 0.0270. The molecule has 0 atom stereocenters. The number of benzene rings is 1. The molecule has 1 aromatic carbocycles. The Bertz CT molecular complexity index is 926. The number of hydroxylamine groups is 2. The van der Waals surface area contributed by atoms with Crippen molar-refractivity contribution in [3.8, 4) is 11.5 Å². The summed E-state index contributed by atoms with van der Waals surface area (Å²) in [5, 5.41) is 14.1. The third-order valence-electron chi connectivity index (χ3n) is 4.10. The number of rotatable bonds is 6. The van der Waals surface area contributed by atoms with E-state index in [4.69, 9.17) is 21.3 Å². The highest BCUT2D eigenvalue weighted by Gasteiger charge is 2.21. The van der Waals surface area contributed by atoms with Crippen LogP contribution in [-0.2, 0) is 11.4 Å². The smallest absolute Gasteiger partial charge is 0.253 e. The van der Waals surface area contributed by atoms with Crippen molar-refractivity contribution in [3.63, 3.8) is 0 Å². The van der Waals surface area contributed by atoms with Gasteiger partial charge >= 0.3 is 0 Å². The second-order valence-electron chi connectivity index (χ2n) is 6.05. The number of aromatic hydroxyl groups is 1. The molecule has 8 nitrogen and oxygen atoms in total. The third-order valence-corrected chi connectivity index (χ3v) is 4.38. The number of H-pyrrole nitrogens is 1. The molecule has 0 aliphatic heterocycles. The lowest BCUT2D eigenvalue weighted by atomic mass is 10.1. The first-order valence-electron chi connectivity index (χ1n) is 8.11. The van der Waals surface area contributed by atoms with Gasteiger partial charge in [0.05, 0.1) is 19.2 Å². The normalized spacial score (nSPS) is 10.9. The van der Waals surface area contributed by atoms with E-state index in [9.17, 15) is 14.7 Å². The zero-order valence-electron chi connectivity index (χ0n) is 15.8. The summed E-state index contributed by atoms with van der Waals surface area (Å²) < 4.78 is 0. The minimum atomic E-state index is -0.476. The number of halogens is 1. The lowest BCUT2D eigenvalue weighted by Gasteiger charge is -2.18. The highest BCUT2D eigenvalue weighted by Crippen LogP contribution is 2.39. The van der Waals surface area contributed by atoms with Crippen molar-refractivity contribution in [2.24, 2.45) is 0 Å². The lowest BCUT2D eigenvalue weighted by Crippen LogP contribution is -2.28. The van der Waals surface area contributed by atoms with Crippen LogP contribution in [0.4, 0.5) is 0 Å². The van der Waals surface area contributed by atoms with Gasteiger partial charge in [-0.2, -0.15) is 0 Å². The molecule has 0 radical (unpaired) electrons. The van der Waals surface area contributed by atoms with Gasteiger partial charge < -0.3 is 20.2 Å². The Labute approximate surface area is 161 Å². The number of phenols is 1. The number of aryl methyl sites for hydroxylation is 2. The molecule has 2 rings (SSSR count). The summed E-state index contributed by atoms with van der Waals surface area (Å²) in [5.74, 6) is -0.780.